The molecule has 0 fully saturated rings. The molecule has 5 nitrogen and oxygen atoms in total. The molecular formula is C13H14ClN3O2. The topological polar surface area (TPSA) is 68.0 Å². The number of hydrogen-bond donors (Lipinski definition) is 1. The number of carboxylic acid groups (broad SMARTS) is 1. The van der Waals surface area contributed by atoms with Crippen LogP contribution in [0.1, 0.15) is 19.4 Å². The first-order valence-electron chi connectivity index (χ1n) is 5.77. The molecule has 0 aliphatic heterocycles. The summed E-state index contributed by atoms with van der Waals surface area (Å²) in [5, 5.41) is 13.6. The number of carboxylic acids is 1. The zero-order chi connectivity index (χ0) is 14.0. The van der Waals surface area contributed by atoms with Crippen LogP contribution in [0.3, 0.4) is 0 Å². The fourth-order valence-corrected chi connectivity index (χ4v) is 2.05. The van der Waals surface area contributed by atoms with Crippen molar-refractivity contribution in [2.24, 2.45) is 5.41 Å². The molecule has 0 amide bonds. The Hall–Kier alpha value is -1.88. The number of benzene rings is 1. The molecule has 0 aliphatic rings. The van der Waals surface area contributed by atoms with Crippen molar-refractivity contribution in [3.8, 4) is 5.69 Å². The van der Waals surface area contributed by atoms with E-state index in [9.17, 15) is 4.79 Å². The summed E-state index contributed by atoms with van der Waals surface area (Å²) in [5.41, 5.74) is 0.773. The van der Waals surface area contributed by atoms with Gasteiger partial charge < -0.3 is 5.11 Å². The van der Waals surface area contributed by atoms with Crippen LogP contribution < -0.4 is 0 Å². The maximum Gasteiger partial charge on any atom is 0.309 e. The number of hydrogen-bond acceptors (Lipinski definition) is 3. The van der Waals surface area contributed by atoms with Crippen molar-refractivity contribution < 1.29 is 9.90 Å². The van der Waals surface area contributed by atoms with E-state index >= 15 is 0 Å². The molecule has 6 heteroatoms. The monoisotopic (exact) mass is 279 g/mol. The minimum absolute atomic E-state index is 0.416. The van der Waals surface area contributed by atoms with Crippen LogP contribution in [0.4, 0.5) is 0 Å². The number of aliphatic carboxylic acids is 1. The van der Waals surface area contributed by atoms with Crippen LogP contribution in [0.5, 0.6) is 0 Å². The van der Waals surface area contributed by atoms with Gasteiger partial charge in [0.1, 0.15) is 12.7 Å². The average molecular weight is 280 g/mol. The first-order valence-corrected chi connectivity index (χ1v) is 6.15. The van der Waals surface area contributed by atoms with Crippen LogP contribution in [-0.4, -0.2) is 25.8 Å². The first-order chi connectivity index (χ1) is 8.90. The second kappa shape index (κ2) is 5.01. The van der Waals surface area contributed by atoms with E-state index in [-0.39, 0.29) is 0 Å². The molecule has 1 heterocycles. The van der Waals surface area contributed by atoms with E-state index in [1.807, 2.05) is 12.1 Å². The van der Waals surface area contributed by atoms with E-state index in [1.165, 1.54) is 6.33 Å². The lowest BCUT2D eigenvalue weighted by Crippen LogP contribution is -2.26. The fourth-order valence-electron chi connectivity index (χ4n) is 1.76. The van der Waals surface area contributed by atoms with Crippen LogP contribution in [0.15, 0.2) is 30.9 Å². The second-order valence-corrected chi connectivity index (χ2v) is 5.40. The smallest absolute Gasteiger partial charge is 0.309 e. The summed E-state index contributed by atoms with van der Waals surface area (Å²) in [6, 6.07) is 5.43. The maximum atomic E-state index is 11.1. The Morgan fingerprint density at radius 3 is 2.74 bits per heavy atom. The molecule has 0 saturated carbocycles. The maximum absolute atomic E-state index is 11.1. The lowest BCUT2D eigenvalue weighted by atomic mass is 9.86. The SMILES string of the molecule is CC(C)(Cc1ccc(-n2cncn2)c(Cl)c1)C(=O)O. The van der Waals surface area contributed by atoms with Crippen molar-refractivity contribution in [1.29, 1.82) is 0 Å². The highest BCUT2D eigenvalue weighted by Crippen LogP contribution is 2.26. The van der Waals surface area contributed by atoms with Gasteiger partial charge in [0.05, 0.1) is 16.1 Å². The van der Waals surface area contributed by atoms with Crippen molar-refractivity contribution in [2.75, 3.05) is 0 Å². The largest absolute Gasteiger partial charge is 0.481 e. The van der Waals surface area contributed by atoms with E-state index < -0.39 is 11.4 Å². The zero-order valence-corrected chi connectivity index (χ0v) is 11.4. The predicted octanol–water partition coefficient (Wildman–Crippen LogP) is 2.57. The van der Waals surface area contributed by atoms with Gasteiger partial charge >= 0.3 is 5.97 Å². The molecule has 1 aromatic carbocycles. The Kier molecular flexibility index (Phi) is 3.57. The van der Waals surface area contributed by atoms with Crippen molar-refractivity contribution in [3.05, 3.63) is 41.4 Å². The third kappa shape index (κ3) is 2.93. The molecule has 2 rings (SSSR count). The van der Waals surface area contributed by atoms with Crippen LogP contribution in [0, 0.1) is 5.41 Å². The Morgan fingerprint density at radius 2 is 2.21 bits per heavy atom. The molecule has 0 spiro atoms. The van der Waals surface area contributed by atoms with Gasteiger partial charge in [0.15, 0.2) is 0 Å². The summed E-state index contributed by atoms with van der Waals surface area (Å²) in [6.07, 6.45) is 3.40. The van der Waals surface area contributed by atoms with Crippen molar-refractivity contribution in [2.45, 2.75) is 20.3 Å². The average Bonchev–Trinajstić information content (AvgIpc) is 2.81. The molecule has 0 atom stereocenters. The molecule has 1 aromatic heterocycles. The highest BCUT2D eigenvalue weighted by Gasteiger charge is 2.27. The normalized spacial score (nSPS) is 11.5. The lowest BCUT2D eigenvalue weighted by Gasteiger charge is -2.19. The molecule has 0 aliphatic carbocycles. The van der Waals surface area contributed by atoms with Gasteiger partial charge in [-0.05, 0) is 38.0 Å². The highest BCUT2D eigenvalue weighted by atomic mass is 35.5. The van der Waals surface area contributed by atoms with Gasteiger partial charge in [0.2, 0.25) is 0 Å². The second-order valence-electron chi connectivity index (χ2n) is 4.99. The molecule has 19 heavy (non-hydrogen) atoms. The third-order valence-electron chi connectivity index (χ3n) is 2.90. The quantitative estimate of drug-likeness (QED) is 0.934. The van der Waals surface area contributed by atoms with Gasteiger partial charge in [-0.3, -0.25) is 4.79 Å². The Balaban J connectivity index is 2.27. The Labute approximate surface area is 115 Å². The summed E-state index contributed by atoms with van der Waals surface area (Å²) in [6.45, 7) is 3.38. The van der Waals surface area contributed by atoms with Gasteiger partial charge in [0, 0.05) is 0 Å². The summed E-state index contributed by atoms with van der Waals surface area (Å²) in [4.78, 5) is 15.0. The molecular weight excluding hydrogens is 266 g/mol. The molecule has 0 unspecified atom stereocenters. The van der Waals surface area contributed by atoms with E-state index in [0.717, 1.165) is 11.3 Å². The van der Waals surface area contributed by atoms with Crippen LogP contribution in [-0.2, 0) is 11.2 Å². The Bertz CT molecular complexity index is 594. The van der Waals surface area contributed by atoms with Crippen molar-refractivity contribution in [3.63, 3.8) is 0 Å². The highest BCUT2D eigenvalue weighted by molar-refractivity contribution is 6.32. The molecule has 0 bridgehead atoms. The molecule has 100 valence electrons. The summed E-state index contributed by atoms with van der Waals surface area (Å²) in [7, 11) is 0. The van der Waals surface area contributed by atoms with Crippen LogP contribution in [0.25, 0.3) is 5.69 Å². The third-order valence-corrected chi connectivity index (χ3v) is 3.21. The van der Waals surface area contributed by atoms with E-state index in [1.54, 1.807) is 30.9 Å². The fraction of sp³-hybridized carbons (Fsp3) is 0.308. The first kappa shape index (κ1) is 13.5. The van der Waals surface area contributed by atoms with E-state index in [4.69, 9.17) is 16.7 Å². The van der Waals surface area contributed by atoms with Crippen LogP contribution in [0.2, 0.25) is 5.02 Å². The minimum Gasteiger partial charge on any atom is -0.481 e. The predicted molar refractivity (Wildman–Crippen MR) is 71.5 cm³/mol. The van der Waals surface area contributed by atoms with E-state index in [0.29, 0.717) is 11.4 Å². The molecule has 2 aromatic rings. The molecule has 0 radical (unpaired) electrons. The van der Waals surface area contributed by atoms with Crippen LogP contribution >= 0.6 is 11.6 Å². The van der Waals surface area contributed by atoms with Gasteiger partial charge in [-0.15, -0.1) is 0 Å². The van der Waals surface area contributed by atoms with Gasteiger partial charge in [-0.1, -0.05) is 17.7 Å². The number of carbonyl (C=O) groups is 1. The van der Waals surface area contributed by atoms with Gasteiger partial charge in [0.25, 0.3) is 0 Å². The van der Waals surface area contributed by atoms with Crippen molar-refractivity contribution in [1.82, 2.24) is 14.8 Å². The summed E-state index contributed by atoms with van der Waals surface area (Å²) >= 11 is 6.19. The van der Waals surface area contributed by atoms with E-state index in [2.05, 4.69) is 10.1 Å². The Morgan fingerprint density at radius 1 is 1.47 bits per heavy atom. The summed E-state index contributed by atoms with van der Waals surface area (Å²) < 4.78 is 1.56. The minimum atomic E-state index is -0.830. The zero-order valence-electron chi connectivity index (χ0n) is 10.7. The van der Waals surface area contributed by atoms with Gasteiger partial charge in [-0.25, -0.2) is 9.67 Å². The van der Waals surface area contributed by atoms with Gasteiger partial charge in [-0.2, -0.15) is 5.10 Å². The summed E-state index contributed by atoms with van der Waals surface area (Å²) in [5.74, 6) is -0.830. The van der Waals surface area contributed by atoms with Crippen molar-refractivity contribution >= 4 is 17.6 Å². The number of rotatable bonds is 4. The molecule has 1 N–H and O–H groups in total. The number of aromatic nitrogens is 3. The number of nitrogens with zero attached hydrogens (tertiary/aromatic N) is 3. The standard InChI is InChI=1S/C13H14ClN3O2/c1-13(2,12(18)19)6-9-3-4-11(10(14)5-9)17-8-15-7-16-17/h3-5,7-8H,6H2,1-2H3,(H,18,19). The number of halogens is 1. The molecule has 0 saturated heterocycles. The lowest BCUT2D eigenvalue weighted by molar-refractivity contribution is -0.146.